The van der Waals surface area contributed by atoms with Gasteiger partial charge in [0.05, 0.1) is 5.92 Å². The van der Waals surface area contributed by atoms with Gasteiger partial charge in [0.1, 0.15) is 5.60 Å². The van der Waals surface area contributed by atoms with Crippen molar-refractivity contribution in [2.75, 3.05) is 19.3 Å². The molecule has 0 radical (unpaired) electrons. The maximum atomic E-state index is 13.1. The lowest BCUT2D eigenvalue weighted by Crippen LogP contribution is -2.40. The van der Waals surface area contributed by atoms with Crippen LogP contribution in [0.15, 0.2) is 54.6 Å². The van der Waals surface area contributed by atoms with E-state index in [1.807, 2.05) is 42.5 Å². The quantitative estimate of drug-likeness (QED) is 0.747. The van der Waals surface area contributed by atoms with Gasteiger partial charge < -0.3 is 20.7 Å². The van der Waals surface area contributed by atoms with Crippen molar-refractivity contribution in [3.63, 3.8) is 0 Å². The van der Waals surface area contributed by atoms with Gasteiger partial charge in [-0.3, -0.25) is 4.79 Å². The summed E-state index contributed by atoms with van der Waals surface area (Å²) in [5.41, 5.74) is 7.61. The fourth-order valence-electron chi connectivity index (χ4n) is 2.78. The molecule has 0 aliphatic heterocycles. The fourth-order valence-corrected chi connectivity index (χ4v) is 2.78. The zero-order valence-electron chi connectivity index (χ0n) is 16.9. The van der Waals surface area contributed by atoms with Crippen molar-refractivity contribution < 1.29 is 14.3 Å². The molecule has 6 nitrogen and oxygen atoms in total. The molecule has 0 aliphatic carbocycles. The van der Waals surface area contributed by atoms with Crippen LogP contribution < -0.4 is 11.1 Å². The average Bonchev–Trinajstić information content (AvgIpc) is 2.62. The van der Waals surface area contributed by atoms with Crippen LogP contribution in [-0.2, 0) is 16.1 Å². The van der Waals surface area contributed by atoms with E-state index in [1.165, 1.54) is 0 Å². The summed E-state index contributed by atoms with van der Waals surface area (Å²) < 4.78 is 5.28. The van der Waals surface area contributed by atoms with Crippen LogP contribution in [0, 0.1) is 0 Å². The van der Waals surface area contributed by atoms with Crippen LogP contribution in [0.2, 0.25) is 0 Å². The number of nitrogen functional groups attached to an aromatic ring is 1. The molecule has 0 unspecified atom stereocenters. The highest BCUT2D eigenvalue weighted by atomic mass is 16.6. The third kappa shape index (κ3) is 6.61. The van der Waals surface area contributed by atoms with Gasteiger partial charge in [0.25, 0.3) is 0 Å². The van der Waals surface area contributed by atoms with Crippen LogP contribution in [0.3, 0.4) is 0 Å². The van der Waals surface area contributed by atoms with Crippen LogP contribution in [0.4, 0.5) is 10.5 Å². The first-order chi connectivity index (χ1) is 13.2. The molecule has 0 bridgehead atoms. The molecule has 2 rings (SSSR count). The molecule has 0 fully saturated rings. The van der Waals surface area contributed by atoms with E-state index in [1.54, 1.807) is 44.9 Å². The molecule has 0 saturated heterocycles. The maximum absolute atomic E-state index is 13.1. The van der Waals surface area contributed by atoms with Crippen LogP contribution in [0.5, 0.6) is 0 Å². The largest absolute Gasteiger partial charge is 0.444 e. The highest BCUT2D eigenvalue weighted by Crippen LogP contribution is 2.20. The number of likely N-dealkylation sites (N-methyl/N-ethyl adjacent to an activating group) is 1. The lowest BCUT2D eigenvalue weighted by Gasteiger charge is -2.26. The topological polar surface area (TPSA) is 84.7 Å². The average molecular weight is 383 g/mol. The summed E-state index contributed by atoms with van der Waals surface area (Å²) in [6.45, 7) is 6.00. The van der Waals surface area contributed by atoms with E-state index in [0.717, 1.165) is 11.1 Å². The van der Waals surface area contributed by atoms with Gasteiger partial charge in [-0.25, -0.2) is 4.79 Å². The first-order valence-electron chi connectivity index (χ1n) is 9.27. The number of amides is 2. The smallest absolute Gasteiger partial charge is 0.407 e. The summed E-state index contributed by atoms with van der Waals surface area (Å²) in [4.78, 5) is 26.8. The van der Waals surface area contributed by atoms with Crippen LogP contribution in [0.1, 0.15) is 37.8 Å². The first-order valence-corrected chi connectivity index (χ1v) is 9.27. The number of carbonyl (C=O) groups excluding carboxylic acids is 2. The third-order valence-corrected chi connectivity index (χ3v) is 4.13. The molecule has 150 valence electrons. The molecule has 2 aromatic carbocycles. The monoisotopic (exact) mass is 383 g/mol. The number of hydrogen-bond acceptors (Lipinski definition) is 4. The van der Waals surface area contributed by atoms with Gasteiger partial charge >= 0.3 is 6.09 Å². The zero-order chi connectivity index (χ0) is 20.7. The lowest BCUT2D eigenvalue weighted by atomic mass is 9.97. The number of alkyl carbamates (subject to hydrolysis) is 1. The molecule has 1 atom stereocenters. The molecule has 0 aromatic heterocycles. The molecule has 0 saturated carbocycles. The summed E-state index contributed by atoms with van der Waals surface area (Å²) >= 11 is 0. The van der Waals surface area contributed by atoms with E-state index in [-0.39, 0.29) is 12.5 Å². The predicted octanol–water partition coefficient (Wildman–Crippen LogP) is 3.54. The second-order valence-electron chi connectivity index (χ2n) is 7.78. The van der Waals surface area contributed by atoms with Crippen molar-refractivity contribution in [3.8, 4) is 0 Å². The Hall–Kier alpha value is -3.02. The Morgan fingerprint density at radius 2 is 1.68 bits per heavy atom. The predicted molar refractivity (Wildman–Crippen MR) is 111 cm³/mol. The SMILES string of the molecule is CN(Cc1ccccc1)C(=O)[C@@H](CNC(=O)OC(C)(C)C)c1ccc(N)cc1. The summed E-state index contributed by atoms with van der Waals surface area (Å²) in [6.07, 6.45) is -0.550. The molecule has 0 aliphatic rings. The van der Waals surface area contributed by atoms with E-state index in [9.17, 15) is 9.59 Å². The molecular formula is C22H29N3O3. The Labute approximate surface area is 166 Å². The number of carbonyl (C=O) groups is 2. The van der Waals surface area contributed by atoms with Crippen molar-refractivity contribution in [3.05, 3.63) is 65.7 Å². The van der Waals surface area contributed by atoms with Gasteiger partial charge in [0.15, 0.2) is 0 Å². The highest BCUT2D eigenvalue weighted by molar-refractivity contribution is 5.84. The minimum Gasteiger partial charge on any atom is -0.444 e. The second-order valence-corrected chi connectivity index (χ2v) is 7.78. The van der Waals surface area contributed by atoms with Gasteiger partial charge in [0.2, 0.25) is 5.91 Å². The third-order valence-electron chi connectivity index (χ3n) is 4.13. The Morgan fingerprint density at radius 3 is 2.25 bits per heavy atom. The maximum Gasteiger partial charge on any atom is 0.407 e. The molecule has 6 heteroatoms. The van der Waals surface area contributed by atoms with Crippen LogP contribution in [0.25, 0.3) is 0 Å². The van der Waals surface area contributed by atoms with Crippen LogP contribution >= 0.6 is 0 Å². The van der Waals surface area contributed by atoms with Gasteiger partial charge in [-0.15, -0.1) is 0 Å². The fraction of sp³-hybridized carbons (Fsp3) is 0.364. The van der Waals surface area contributed by atoms with Gasteiger partial charge in [-0.2, -0.15) is 0 Å². The Kier molecular flexibility index (Phi) is 7.04. The van der Waals surface area contributed by atoms with E-state index < -0.39 is 17.6 Å². The van der Waals surface area contributed by atoms with Gasteiger partial charge in [0, 0.05) is 25.8 Å². The Balaban J connectivity index is 2.14. The Morgan fingerprint density at radius 1 is 1.07 bits per heavy atom. The minimum atomic E-state index is -0.602. The molecule has 0 spiro atoms. The summed E-state index contributed by atoms with van der Waals surface area (Å²) in [7, 11) is 1.76. The summed E-state index contributed by atoms with van der Waals surface area (Å²) in [6, 6.07) is 16.9. The standard InChI is InChI=1S/C22H29N3O3/c1-22(2,3)28-21(27)24-14-19(17-10-12-18(23)13-11-17)20(26)25(4)15-16-8-6-5-7-9-16/h5-13,19H,14-15,23H2,1-4H3,(H,24,27)/t19-/m0/s1. The molecule has 3 N–H and O–H groups in total. The van der Waals surface area contributed by atoms with Crippen molar-refractivity contribution in [1.82, 2.24) is 10.2 Å². The number of hydrogen-bond donors (Lipinski definition) is 2. The van der Waals surface area contributed by atoms with Crippen molar-refractivity contribution in [1.29, 1.82) is 0 Å². The van der Waals surface area contributed by atoms with E-state index in [2.05, 4.69) is 5.32 Å². The van der Waals surface area contributed by atoms with E-state index in [4.69, 9.17) is 10.5 Å². The molecule has 0 heterocycles. The summed E-state index contributed by atoms with van der Waals surface area (Å²) in [5.74, 6) is -0.633. The lowest BCUT2D eigenvalue weighted by molar-refractivity contribution is -0.131. The van der Waals surface area contributed by atoms with Gasteiger partial charge in [-0.05, 0) is 44.0 Å². The molecule has 28 heavy (non-hydrogen) atoms. The van der Waals surface area contributed by atoms with Crippen molar-refractivity contribution in [2.45, 2.75) is 38.8 Å². The Bertz CT molecular complexity index is 783. The van der Waals surface area contributed by atoms with E-state index in [0.29, 0.717) is 12.2 Å². The number of benzene rings is 2. The number of nitrogens with two attached hydrogens (primary N) is 1. The number of anilines is 1. The minimum absolute atomic E-state index is 0.0929. The second kappa shape index (κ2) is 9.26. The van der Waals surface area contributed by atoms with Crippen molar-refractivity contribution >= 4 is 17.7 Å². The first kappa shape index (κ1) is 21.3. The van der Waals surface area contributed by atoms with Gasteiger partial charge in [-0.1, -0.05) is 42.5 Å². The number of ether oxygens (including phenoxy) is 1. The normalized spacial score (nSPS) is 12.1. The molecule has 2 amide bonds. The molecular weight excluding hydrogens is 354 g/mol. The van der Waals surface area contributed by atoms with E-state index >= 15 is 0 Å². The van der Waals surface area contributed by atoms with Crippen LogP contribution in [-0.4, -0.2) is 36.1 Å². The molecule has 2 aromatic rings. The number of rotatable bonds is 6. The zero-order valence-corrected chi connectivity index (χ0v) is 16.9. The van der Waals surface area contributed by atoms with Crippen molar-refractivity contribution in [2.24, 2.45) is 0 Å². The summed E-state index contributed by atoms with van der Waals surface area (Å²) in [5, 5.41) is 2.71. The number of nitrogens with one attached hydrogen (secondary N) is 1. The highest BCUT2D eigenvalue weighted by Gasteiger charge is 2.26. The number of nitrogens with zero attached hydrogens (tertiary/aromatic N) is 1.